The average molecular weight is 227 g/mol. The third kappa shape index (κ3) is 2.41. The molecule has 3 nitrogen and oxygen atoms in total. The van der Waals surface area contributed by atoms with Crippen LogP contribution in [0.2, 0.25) is 5.15 Å². The van der Waals surface area contributed by atoms with Crippen LogP contribution in [0.4, 0.5) is 0 Å². The highest BCUT2D eigenvalue weighted by molar-refractivity contribution is 6.30. The van der Waals surface area contributed by atoms with Gasteiger partial charge in [-0.2, -0.15) is 0 Å². The molecule has 2 N–H and O–H groups in total. The summed E-state index contributed by atoms with van der Waals surface area (Å²) in [6.45, 7) is 0. The molecule has 0 radical (unpaired) electrons. The fourth-order valence-corrected chi connectivity index (χ4v) is 1.90. The molecule has 0 amide bonds. The van der Waals surface area contributed by atoms with Crippen molar-refractivity contribution in [1.82, 2.24) is 4.98 Å². The van der Waals surface area contributed by atoms with E-state index in [0.717, 1.165) is 37.0 Å². The molecule has 2 rings (SSSR count). The van der Waals surface area contributed by atoms with E-state index in [4.69, 9.17) is 22.1 Å². The van der Waals surface area contributed by atoms with Crippen molar-refractivity contribution in [2.45, 2.75) is 31.2 Å². The third-order valence-electron chi connectivity index (χ3n) is 2.95. The first-order valence-electron chi connectivity index (χ1n) is 5.11. The molecule has 0 saturated heterocycles. The average Bonchev–Trinajstić information content (AvgIpc) is 2.95. The van der Waals surface area contributed by atoms with E-state index in [1.807, 2.05) is 6.07 Å². The van der Waals surface area contributed by atoms with Gasteiger partial charge in [-0.25, -0.2) is 4.98 Å². The van der Waals surface area contributed by atoms with Gasteiger partial charge in [0.25, 0.3) is 0 Å². The van der Waals surface area contributed by atoms with E-state index < -0.39 is 0 Å². The van der Waals surface area contributed by atoms with Crippen LogP contribution in [0.25, 0.3) is 0 Å². The Balaban J connectivity index is 2.11. The first-order valence-corrected chi connectivity index (χ1v) is 5.49. The van der Waals surface area contributed by atoms with Crippen LogP contribution in [0.1, 0.15) is 24.8 Å². The Hall–Kier alpha value is -0.800. The van der Waals surface area contributed by atoms with Crippen molar-refractivity contribution in [2.24, 2.45) is 5.73 Å². The lowest BCUT2D eigenvalue weighted by Crippen LogP contribution is -2.22. The van der Waals surface area contributed by atoms with Gasteiger partial charge in [0.05, 0.1) is 7.11 Å². The van der Waals surface area contributed by atoms with Gasteiger partial charge in [-0.15, -0.1) is 0 Å². The summed E-state index contributed by atoms with van der Waals surface area (Å²) in [7, 11) is 1.64. The first-order chi connectivity index (χ1) is 7.14. The van der Waals surface area contributed by atoms with Crippen molar-refractivity contribution in [1.29, 1.82) is 0 Å². The van der Waals surface area contributed by atoms with Crippen LogP contribution in [0.15, 0.2) is 12.3 Å². The standard InChI is InChI=1S/C11H15ClN2O/c1-15-9-3-7-14-10(12)8(9)2-4-11(13)5-6-11/h3,7H,2,4-6,13H2,1H3. The van der Waals surface area contributed by atoms with Crippen LogP contribution >= 0.6 is 11.6 Å². The van der Waals surface area contributed by atoms with E-state index in [1.165, 1.54) is 0 Å². The zero-order chi connectivity index (χ0) is 10.9. The summed E-state index contributed by atoms with van der Waals surface area (Å²) in [4.78, 5) is 4.05. The van der Waals surface area contributed by atoms with E-state index in [9.17, 15) is 0 Å². The minimum Gasteiger partial charge on any atom is -0.496 e. The highest BCUT2D eigenvalue weighted by Crippen LogP contribution is 2.38. The molecule has 0 unspecified atom stereocenters. The Morgan fingerprint density at radius 2 is 2.33 bits per heavy atom. The number of pyridine rings is 1. The summed E-state index contributed by atoms with van der Waals surface area (Å²) in [5.74, 6) is 0.805. The molecule has 0 aromatic carbocycles. The molecule has 1 aliphatic carbocycles. The minimum atomic E-state index is 0.0458. The Bertz CT molecular complexity index is 364. The van der Waals surface area contributed by atoms with Crippen molar-refractivity contribution in [3.63, 3.8) is 0 Å². The number of aromatic nitrogens is 1. The molecule has 0 aliphatic heterocycles. The summed E-state index contributed by atoms with van der Waals surface area (Å²) >= 11 is 6.03. The Kier molecular flexibility index (Phi) is 2.85. The molecule has 1 saturated carbocycles. The van der Waals surface area contributed by atoms with Crippen LogP contribution in [0.3, 0.4) is 0 Å². The number of ether oxygens (including phenoxy) is 1. The molecule has 1 aromatic heterocycles. The fraction of sp³-hybridized carbons (Fsp3) is 0.545. The van der Waals surface area contributed by atoms with Gasteiger partial charge in [0.1, 0.15) is 10.9 Å². The van der Waals surface area contributed by atoms with Gasteiger partial charge in [0.2, 0.25) is 0 Å². The smallest absolute Gasteiger partial charge is 0.135 e. The van der Waals surface area contributed by atoms with Crippen molar-refractivity contribution in [3.05, 3.63) is 23.0 Å². The number of nitrogens with zero attached hydrogens (tertiary/aromatic N) is 1. The number of rotatable bonds is 4. The van der Waals surface area contributed by atoms with Crippen LogP contribution in [-0.4, -0.2) is 17.6 Å². The van der Waals surface area contributed by atoms with Crippen molar-refractivity contribution < 1.29 is 4.74 Å². The van der Waals surface area contributed by atoms with Gasteiger partial charge in [-0.1, -0.05) is 11.6 Å². The molecule has 0 atom stereocenters. The van der Waals surface area contributed by atoms with E-state index in [0.29, 0.717) is 5.15 Å². The Labute approximate surface area is 94.6 Å². The number of hydrogen-bond acceptors (Lipinski definition) is 3. The van der Waals surface area contributed by atoms with Gasteiger partial charge in [-0.05, 0) is 31.7 Å². The van der Waals surface area contributed by atoms with Crippen LogP contribution in [-0.2, 0) is 6.42 Å². The maximum absolute atomic E-state index is 6.03. The summed E-state index contributed by atoms with van der Waals surface area (Å²) in [6, 6.07) is 1.83. The maximum Gasteiger partial charge on any atom is 0.135 e. The topological polar surface area (TPSA) is 48.1 Å². The molecule has 82 valence electrons. The van der Waals surface area contributed by atoms with Gasteiger partial charge >= 0.3 is 0 Å². The van der Waals surface area contributed by atoms with Gasteiger partial charge in [0.15, 0.2) is 0 Å². The molecular weight excluding hydrogens is 212 g/mol. The van der Waals surface area contributed by atoms with E-state index in [1.54, 1.807) is 13.3 Å². The second-order valence-corrected chi connectivity index (χ2v) is 4.50. The first kappa shape index (κ1) is 10.7. The highest BCUT2D eigenvalue weighted by atomic mass is 35.5. The summed E-state index contributed by atoms with van der Waals surface area (Å²) < 4.78 is 5.25. The maximum atomic E-state index is 6.03. The quantitative estimate of drug-likeness (QED) is 0.801. The summed E-state index contributed by atoms with van der Waals surface area (Å²) in [5, 5.41) is 0.526. The Morgan fingerprint density at radius 1 is 1.60 bits per heavy atom. The lowest BCUT2D eigenvalue weighted by atomic mass is 10.1. The van der Waals surface area contributed by atoms with Crippen LogP contribution in [0, 0.1) is 0 Å². The molecule has 15 heavy (non-hydrogen) atoms. The number of nitrogens with two attached hydrogens (primary N) is 1. The monoisotopic (exact) mass is 226 g/mol. The number of halogens is 1. The van der Waals surface area contributed by atoms with Gasteiger partial charge in [0, 0.05) is 17.3 Å². The van der Waals surface area contributed by atoms with Crippen LogP contribution < -0.4 is 10.5 Å². The van der Waals surface area contributed by atoms with E-state index in [-0.39, 0.29) is 5.54 Å². The molecule has 0 spiro atoms. The van der Waals surface area contributed by atoms with E-state index in [2.05, 4.69) is 4.98 Å². The molecule has 1 heterocycles. The summed E-state index contributed by atoms with van der Waals surface area (Å²) in [5.41, 5.74) is 7.05. The number of methoxy groups -OCH3 is 1. The molecule has 0 bridgehead atoms. The van der Waals surface area contributed by atoms with Crippen molar-refractivity contribution >= 4 is 11.6 Å². The fourth-order valence-electron chi connectivity index (χ4n) is 1.65. The molecule has 1 aliphatic rings. The lowest BCUT2D eigenvalue weighted by Gasteiger charge is -2.12. The largest absolute Gasteiger partial charge is 0.496 e. The minimum absolute atomic E-state index is 0.0458. The van der Waals surface area contributed by atoms with E-state index >= 15 is 0 Å². The molecule has 4 heteroatoms. The van der Waals surface area contributed by atoms with Gasteiger partial charge < -0.3 is 10.5 Å². The lowest BCUT2D eigenvalue weighted by molar-refractivity contribution is 0.407. The zero-order valence-electron chi connectivity index (χ0n) is 8.79. The second kappa shape index (κ2) is 3.99. The zero-order valence-corrected chi connectivity index (χ0v) is 9.55. The predicted molar refractivity (Wildman–Crippen MR) is 60.3 cm³/mol. The number of hydrogen-bond donors (Lipinski definition) is 1. The normalized spacial score (nSPS) is 17.5. The highest BCUT2D eigenvalue weighted by Gasteiger charge is 2.37. The Morgan fingerprint density at radius 3 is 2.93 bits per heavy atom. The second-order valence-electron chi connectivity index (χ2n) is 4.14. The molecule has 1 fully saturated rings. The molecule has 1 aromatic rings. The predicted octanol–water partition coefficient (Wildman–Crippen LogP) is 2.17. The van der Waals surface area contributed by atoms with Crippen molar-refractivity contribution in [2.75, 3.05) is 7.11 Å². The third-order valence-corrected chi connectivity index (χ3v) is 3.27. The SMILES string of the molecule is COc1ccnc(Cl)c1CCC1(N)CC1. The molecular formula is C11H15ClN2O. The van der Waals surface area contributed by atoms with Crippen molar-refractivity contribution in [3.8, 4) is 5.75 Å². The van der Waals surface area contributed by atoms with Crippen LogP contribution in [0.5, 0.6) is 5.75 Å². The summed E-state index contributed by atoms with van der Waals surface area (Å²) in [6.07, 6.45) is 5.68. The van der Waals surface area contributed by atoms with Gasteiger partial charge in [-0.3, -0.25) is 0 Å².